The Morgan fingerprint density at radius 3 is 2.89 bits per heavy atom. The Bertz CT molecular complexity index is 99.7. The lowest BCUT2D eigenvalue weighted by Gasteiger charge is -2.04. The van der Waals surface area contributed by atoms with Gasteiger partial charge in [-0.25, -0.2) is 0 Å². The lowest BCUT2D eigenvalue weighted by molar-refractivity contribution is 0.115. The molecule has 3 heteroatoms. The van der Waals surface area contributed by atoms with Gasteiger partial charge in [0.05, 0.1) is 6.07 Å². The Balaban J connectivity index is 3.07. The first-order chi connectivity index (χ1) is 4.31. The largest absolute Gasteiger partial charge is 0.363 e. The summed E-state index contributed by atoms with van der Waals surface area (Å²) in [6.45, 7) is 2.49. The molecule has 0 saturated heterocycles. The predicted octanol–water partition coefficient (Wildman–Crippen LogP) is 1.89. The molecule has 0 aliphatic carbocycles. The van der Waals surface area contributed by atoms with Crippen molar-refractivity contribution in [1.82, 2.24) is 0 Å². The van der Waals surface area contributed by atoms with E-state index in [1.165, 1.54) is 0 Å². The third-order valence-corrected chi connectivity index (χ3v) is 1.17. The van der Waals surface area contributed by atoms with Gasteiger partial charge in [-0.1, -0.05) is 11.6 Å². The SMILES string of the molecule is CCOC(Cl)CCC#N. The van der Waals surface area contributed by atoms with Gasteiger partial charge in [0.1, 0.15) is 5.56 Å². The van der Waals surface area contributed by atoms with Gasteiger partial charge in [-0.2, -0.15) is 5.26 Å². The molecule has 0 rings (SSSR count). The van der Waals surface area contributed by atoms with Crippen molar-refractivity contribution < 1.29 is 4.74 Å². The van der Waals surface area contributed by atoms with E-state index in [1.54, 1.807) is 0 Å². The lowest BCUT2D eigenvalue weighted by Crippen LogP contribution is -2.03. The monoisotopic (exact) mass is 147 g/mol. The summed E-state index contributed by atoms with van der Waals surface area (Å²) in [6.07, 6.45) is 1.08. The molecule has 0 spiro atoms. The van der Waals surface area contributed by atoms with Gasteiger partial charge in [0.2, 0.25) is 0 Å². The average Bonchev–Trinajstić information content (AvgIpc) is 1.85. The highest BCUT2D eigenvalue weighted by Crippen LogP contribution is 2.05. The minimum Gasteiger partial charge on any atom is -0.363 e. The van der Waals surface area contributed by atoms with Crippen molar-refractivity contribution >= 4 is 11.6 Å². The fourth-order valence-corrected chi connectivity index (χ4v) is 0.677. The van der Waals surface area contributed by atoms with Gasteiger partial charge in [-0.05, 0) is 6.92 Å². The maximum Gasteiger partial charge on any atom is 0.132 e. The zero-order valence-electron chi connectivity index (χ0n) is 5.43. The highest BCUT2D eigenvalue weighted by Gasteiger charge is 2.00. The molecule has 0 saturated carbocycles. The molecule has 0 bridgehead atoms. The first-order valence-corrected chi connectivity index (χ1v) is 3.37. The molecule has 1 atom stereocenters. The van der Waals surface area contributed by atoms with Crippen LogP contribution in [0.25, 0.3) is 0 Å². The second kappa shape index (κ2) is 5.87. The molecule has 2 nitrogen and oxygen atoms in total. The van der Waals surface area contributed by atoms with Crippen LogP contribution in [0.4, 0.5) is 0 Å². The van der Waals surface area contributed by atoms with Gasteiger partial charge in [0.25, 0.3) is 0 Å². The normalized spacial score (nSPS) is 12.6. The summed E-state index contributed by atoms with van der Waals surface area (Å²) in [5.41, 5.74) is -0.283. The highest BCUT2D eigenvalue weighted by molar-refractivity contribution is 6.19. The Morgan fingerprint density at radius 2 is 2.44 bits per heavy atom. The molecule has 0 N–H and O–H groups in total. The van der Waals surface area contributed by atoms with Crippen LogP contribution in [0.2, 0.25) is 0 Å². The summed E-state index contributed by atoms with van der Waals surface area (Å²) >= 11 is 5.59. The maximum absolute atomic E-state index is 8.12. The number of hydrogen-bond donors (Lipinski definition) is 0. The number of rotatable bonds is 4. The first kappa shape index (κ1) is 8.74. The Hall–Kier alpha value is -0.260. The van der Waals surface area contributed by atoms with Crippen molar-refractivity contribution in [2.24, 2.45) is 0 Å². The predicted molar refractivity (Wildman–Crippen MR) is 36.1 cm³/mol. The lowest BCUT2D eigenvalue weighted by atomic mass is 10.3. The summed E-state index contributed by atoms with van der Waals surface area (Å²) in [5.74, 6) is 0. The summed E-state index contributed by atoms with van der Waals surface area (Å²) in [7, 11) is 0. The van der Waals surface area contributed by atoms with E-state index in [0.29, 0.717) is 19.4 Å². The van der Waals surface area contributed by atoms with Gasteiger partial charge in [0.15, 0.2) is 0 Å². The minimum absolute atomic E-state index is 0.283. The van der Waals surface area contributed by atoms with Crippen LogP contribution < -0.4 is 0 Å². The summed E-state index contributed by atoms with van der Waals surface area (Å²) in [6, 6.07) is 1.99. The van der Waals surface area contributed by atoms with Crippen LogP contribution in [0.5, 0.6) is 0 Å². The first-order valence-electron chi connectivity index (χ1n) is 2.94. The number of ether oxygens (including phenoxy) is 1. The molecule has 0 aromatic heterocycles. The average molecular weight is 148 g/mol. The Morgan fingerprint density at radius 1 is 1.78 bits per heavy atom. The van der Waals surface area contributed by atoms with E-state index >= 15 is 0 Å². The van der Waals surface area contributed by atoms with E-state index in [2.05, 4.69) is 0 Å². The molecule has 0 radical (unpaired) electrons. The standard InChI is InChI=1S/C6H10ClNO/c1-2-9-6(7)4-3-5-8/h6H,2-4H2,1H3. The van der Waals surface area contributed by atoms with Crippen LogP contribution in [0.1, 0.15) is 19.8 Å². The summed E-state index contributed by atoms with van der Waals surface area (Å²) in [5, 5.41) is 8.12. The molecule has 9 heavy (non-hydrogen) atoms. The van der Waals surface area contributed by atoms with Crippen molar-refractivity contribution in [2.75, 3.05) is 6.61 Å². The molecule has 0 amide bonds. The van der Waals surface area contributed by atoms with Gasteiger partial charge >= 0.3 is 0 Å². The van der Waals surface area contributed by atoms with Crippen molar-refractivity contribution in [1.29, 1.82) is 5.26 Å². The van der Waals surface area contributed by atoms with Gasteiger partial charge in [-0.3, -0.25) is 0 Å². The van der Waals surface area contributed by atoms with E-state index in [0.717, 1.165) is 0 Å². The summed E-state index contributed by atoms with van der Waals surface area (Å²) in [4.78, 5) is 0. The number of halogens is 1. The topological polar surface area (TPSA) is 33.0 Å². The highest BCUT2D eigenvalue weighted by atomic mass is 35.5. The Kier molecular flexibility index (Phi) is 5.70. The van der Waals surface area contributed by atoms with Crippen LogP contribution in [0.3, 0.4) is 0 Å². The van der Waals surface area contributed by atoms with E-state index < -0.39 is 0 Å². The van der Waals surface area contributed by atoms with Crippen molar-refractivity contribution in [2.45, 2.75) is 25.3 Å². The molecule has 0 heterocycles. The van der Waals surface area contributed by atoms with Crippen LogP contribution >= 0.6 is 11.6 Å². The molecule has 0 aromatic carbocycles. The molecule has 0 aliphatic heterocycles. The number of hydrogen-bond acceptors (Lipinski definition) is 2. The zero-order valence-corrected chi connectivity index (χ0v) is 6.19. The summed E-state index contributed by atoms with van der Waals surface area (Å²) < 4.78 is 4.96. The molecule has 52 valence electrons. The quantitative estimate of drug-likeness (QED) is 0.569. The van der Waals surface area contributed by atoms with E-state index in [-0.39, 0.29) is 5.56 Å². The van der Waals surface area contributed by atoms with Gasteiger partial charge < -0.3 is 4.74 Å². The van der Waals surface area contributed by atoms with E-state index in [1.807, 2.05) is 13.0 Å². The number of nitrogens with zero attached hydrogens (tertiary/aromatic N) is 1. The van der Waals surface area contributed by atoms with E-state index in [9.17, 15) is 0 Å². The zero-order chi connectivity index (χ0) is 7.11. The number of alkyl halides is 1. The van der Waals surface area contributed by atoms with Crippen LogP contribution in [0, 0.1) is 11.3 Å². The number of nitriles is 1. The van der Waals surface area contributed by atoms with Gasteiger partial charge in [0, 0.05) is 19.4 Å². The third kappa shape index (κ3) is 5.61. The van der Waals surface area contributed by atoms with Crippen molar-refractivity contribution in [3.63, 3.8) is 0 Å². The Labute approximate surface area is 60.4 Å². The fraction of sp³-hybridized carbons (Fsp3) is 0.833. The second-order valence-electron chi connectivity index (χ2n) is 1.56. The molecular formula is C6H10ClNO. The van der Waals surface area contributed by atoms with Crippen molar-refractivity contribution in [3.8, 4) is 6.07 Å². The minimum atomic E-state index is -0.283. The molecular weight excluding hydrogens is 138 g/mol. The molecule has 1 unspecified atom stereocenters. The third-order valence-electron chi connectivity index (χ3n) is 0.831. The smallest absolute Gasteiger partial charge is 0.132 e. The van der Waals surface area contributed by atoms with Crippen LogP contribution in [-0.4, -0.2) is 12.2 Å². The molecule has 0 aliphatic rings. The van der Waals surface area contributed by atoms with Gasteiger partial charge in [-0.15, -0.1) is 0 Å². The molecule has 0 aromatic rings. The van der Waals surface area contributed by atoms with Crippen LogP contribution in [0.15, 0.2) is 0 Å². The van der Waals surface area contributed by atoms with Crippen LogP contribution in [-0.2, 0) is 4.74 Å². The second-order valence-corrected chi connectivity index (χ2v) is 2.05. The molecule has 0 fully saturated rings. The maximum atomic E-state index is 8.12. The fourth-order valence-electron chi connectivity index (χ4n) is 0.442. The van der Waals surface area contributed by atoms with E-state index in [4.69, 9.17) is 21.6 Å². The van der Waals surface area contributed by atoms with Crippen molar-refractivity contribution in [3.05, 3.63) is 0 Å².